The number of hydrogen-bond acceptors (Lipinski definition) is 1. The fourth-order valence-corrected chi connectivity index (χ4v) is 10.3. The summed E-state index contributed by atoms with van der Waals surface area (Å²) < 4.78 is 0. The fourth-order valence-electron chi connectivity index (χ4n) is 10.3. The Labute approximate surface area is 347 Å². The Balaban J connectivity index is 1.20. The minimum Gasteiger partial charge on any atom is -0.310 e. The first-order chi connectivity index (χ1) is 29.0. The Morgan fingerprint density at radius 3 is 1.41 bits per heavy atom. The molecule has 0 spiro atoms. The van der Waals surface area contributed by atoms with Gasteiger partial charge in [0.15, 0.2) is 0 Å². The summed E-state index contributed by atoms with van der Waals surface area (Å²) in [5.41, 5.74) is 20.8. The zero-order valence-corrected chi connectivity index (χ0v) is 33.3. The maximum absolute atomic E-state index is 2.59. The van der Waals surface area contributed by atoms with Crippen molar-refractivity contribution in [3.8, 4) is 44.5 Å². The second-order valence-electron chi connectivity index (χ2n) is 16.4. The largest absolute Gasteiger partial charge is 0.310 e. The van der Waals surface area contributed by atoms with Gasteiger partial charge in [-0.2, -0.15) is 0 Å². The molecule has 0 aliphatic heterocycles. The van der Waals surface area contributed by atoms with E-state index in [1.54, 1.807) is 0 Å². The lowest BCUT2D eigenvalue weighted by Gasteiger charge is -2.35. The number of fused-ring (bicyclic) bond motifs is 6. The minimum atomic E-state index is -0.501. The Morgan fingerprint density at radius 2 is 0.780 bits per heavy atom. The summed E-state index contributed by atoms with van der Waals surface area (Å²) in [6.45, 7) is 4.84. The third kappa shape index (κ3) is 5.31. The van der Waals surface area contributed by atoms with Crippen LogP contribution < -0.4 is 4.90 Å². The number of benzene rings is 9. The van der Waals surface area contributed by atoms with Crippen molar-refractivity contribution in [2.45, 2.75) is 24.7 Å². The van der Waals surface area contributed by atoms with Crippen LogP contribution >= 0.6 is 0 Å². The molecule has 11 rings (SSSR count). The van der Waals surface area contributed by atoms with Gasteiger partial charge in [-0.25, -0.2) is 0 Å². The van der Waals surface area contributed by atoms with Crippen molar-refractivity contribution in [2.24, 2.45) is 0 Å². The van der Waals surface area contributed by atoms with Gasteiger partial charge in [0.2, 0.25) is 0 Å². The topological polar surface area (TPSA) is 3.24 Å². The molecule has 0 amide bonds. The van der Waals surface area contributed by atoms with Gasteiger partial charge in [-0.1, -0.05) is 202 Å². The van der Waals surface area contributed by atoms with E-state index in [4.69, 9.17) is 0 Å². The first kappa shape index (κ1) is 35.0. The number of para-hydroxylation sites is 1. The van der Waals surface area contributed by atoms with E-state index < -0.39 is 5.41 Å². The maximum atomic E-state index is 2.59. The Hall–Kier alpha value is -7.22. The molecule has 0 unspecified atom stereocenters. The molecule has 280 valence electrons. The molecule has 59 heavy (non-hydrogen) atoms. The van der Waals surface area contributed by atoms with E-state index in [1.807, 2.05) is 0 Å². The van der Waals surface area contributed by atoms with Crippen molar-refractivity contribution in [2.75, 3.05) is 4.90 Å². The second-order valence-corrected chi connectivity index (χ2v) is 16.4. The molecule has 0 saturated carbocycles. The molecule has 0 saturated heterocycles. The van der Waals surface area contributed by atoms with E-state index in [-0.39, 0.29) is 5.41 Å². The first-order valence-corrected chi connectivity index (χ1v) is 20.7. The van der Waals surface area contributed by atoms with Gasteiger partial charge in [0.05, 0.1) is 5.41 Å². The van der Waals surface area contributed by atoms with Gasteiger partial charge in [-0.15, -0.1) is 0 Å². The van der Waals surface area contributed by atoms with Crippen molar-refractivity contribution < 1.29 is 0 Å². The average molecular weight is 754 g/mol. The maximum Gasteiger partial charge on any atom is 0.0713 e. The predicted molar refractivity (Wildman–Crippen MR) is 247 cm³/mol. The van der Waals surface area contributed by atoms with E-state index in [9.17, 15) is 0 Å². The molecule has 0 atom stereocenters. The fraction of sp³-hybridized carbons (Fsp3) is 0.0690. The molecule has 0 radical (unpaired) electrons. The molecular weight excluding hydrogens is 711 g/mol. The van der Waals surface area contributed by atoms with Crippen molar-refractivity contribution in [3.05, 3.63) is 258 Å². The molecule has 2 aliphatic carbocycles. The average Bonchev–Trinajstić information content (AvgIpc) is 3.73. The molecule has 0 heterocycles. The first-order valence-electron chi connectivity index (χ1n) is 20.7. The monoisotopic (exact) mass is 753 g/mol. The van der Waals surface area contributed by atoms with Gasteiger partial charge in [-0.05, 0) is 114 Å². The molecule has 0 aromatic heterocycles. The molecule has 1 nitrogen and oxygen atoms in total. The van der Waals surface area contributed by atoms with Crippen LogP contribution in [0.1, 0.15) is 47.2 Å². The number of anilines is 3. The Morgan fingerprint density at radius 1 is 0.305 bits per heavy atom. The lowest BCUT2D eigenvalue weighted by atomic mass is 9.66. The molecule has 2 aliphatic rings. The van der Waals surface area contributed by atoms with Crippen LogP contribution in [0, 0.1) is 0 Å². The third-order valence-corrected chi connectivity index (χ3v) is 12.9. The van der Waals surface area contributed by atoms with Crippen molar-refractivity contribution in [1.29, 1.82) is 0 Å². The van der Waals surface area contributed by atoms with Crippen LogP contribution in [0.2, 0.25) is 0 Å². The zero-order valence-electron chi connectivity index (χ0n) is 33.3. The number of nitrogens with zero attached hydrogens (tertiary/aromatic N) is 1. The number of rotatable bonds is 7. The van der Waals surface area contributed by atoms with Crippen molar-refractivity contribution in [1.82, 2.24) is 0 Å². The standard InChI is InChI=1S/C58H43N/c1-57(2)50-37-36-47(59(45-28-16-7-17-29-45)46-34-32-41(33-35-46)40-20-8-3-9-21-40)38-49(50)56-52(57)39-53-55(54(56)42-22-10-4-11-23-42)48-30-18-19-31-51(48)58(53,43-24-12-5-13-25-43)44-26-14-6-15-27-44/h3-39H,1-2H3. The highest BCUT2D eigenvalue weighted by Gasteiger charge is 2.50. The number of hydrogen-bond donors (Lipinski definition) is 0. The quantitative estimate of drug-likeness (QED) is 0.157. The molecule has 1 heteroatoms. The van der Waals surface area contributed by atoms with Crippen LogP contribution in [0.4, 0.5) is 17.1 Å². The molecule has 9 aromatic rings. The summed E-state index contributed by atoms with van der Waals surface area (Å²) in [5.74, 6) is 0. The van der Waals surface area contributed by atoms with E-state index >= 15 is 0 Å². The van der Waals surface area contributed by atoms with Crippen LogP contribution in [0.3, 0.4) is 0 Å². The van der Waals surface area contributed by atoms with Gasteiger partial charge in [-0.3, -0.25) is 0 Å². The molecule has 0 N–H and O–H groups in total. The smallest absolute Gasteiger partial charge is 0.0713 e. The van der Waals surface area contributed by atoms with Crippen LogP contribution in [-0.4, -0.2) is 0 Å². The summed E-state index contributed by atoms with van der Waals surface area (Å²) in [6, 6.07) is 82.8. The van der Waals surface area contributed by atoms with Crippen LogP contribution in [0.25, 0.3) is 44.5 Å². The van der Waals surface area contributed by atoms with Gasteiger partial charge in [0.1, 0.15) is 0 Å². The summed E-state index contributed by atoms with van der Waals surface area (Å²) in [6.07, 6.45) is 0. The molecule has 0 bridgehead atoms. The summed E-state index contributed by atoms with van der Waals surface area (Å²) in [7, 11) is 0. The second kappa shape index (κ2) is 13.7. The van der Waals surface area contributed by atoms with E-state index in [1.165, 1.54) is 77.9 Å². The SMILES string of the molecule is CC1(C)c2ccc(N(c3ccccc3)c3ccc(-c4ccccc4)cc3)cc2-c2c1cc1c(c2-c2ccccc2)-c2ccccc2C1(c1ccccc1)c1ccccc1. The van der Waals surface area contributed by atoms with E-state index in [0.29, 0.717) is 0 Å². The van der Waals surface area contributed by atoms with Gasteiger partial charge >= 0.3 is 0 Å². The zero-order chi connectivity index (χ0) is 39.6. The van der Waals surface area contributed by atoms with Crippen LogP contribution in [-0.2, 0) is 10.8 Å². The highest BCUT2D eigenvalue weighted by molar-refractivity contribution is 6.06. The van der Waals surface area contributed by atoms with E-state index in [0.717, 1.165) is 17.1 Å². The summed E-state index contributed by atoms with van der Waals surface area (Å²) in [4.78, 5) is 2.40. The molecule has 9 aromatic carbocycles. The highest BCUT2D eigenvalue weighted by atomic mass is 15.1. The normalized spacial score (nSPS) is 13.9. The highest BCUT2D eigenvalue weighted by Crippen LogP contribution is 2.64. The lowest BCUT2D eigenvalue weighted by molar-refractivity contribution is 0.656. The van der Waals surface area contributed by atoms with Gasteiger partial charge in [0.25, 0.3) is 0 Å². The van der Waals surface area contributed by atoms with Crippen LogP contribution in [0.5, 0.6) is 0 Å². The molecule has 0 fully saturated rings. The third-order valence-electron chi connectivity index (χ3n) is 12.9. The van der Waals surface area contributed by atoms with Crippen LogP contribution in [0.15, 0.2) is 224 Å². The van der Waals surface area contributed by atoms with Crippen molar-refractivity contribution in [3.63, 3.8) is 0 Å². The summed E-state index contributed by atoms with van der Waals surface area (Å²) in [5, 5.41) is 0. The van der Waals surface area contributed by atoms with E-state index in [2.05, 4.69) is 243 Å². The summed E-state index contributed by atoms with van der Waals surface area (Å²) >= 11 is 0. The Bertz CT molecular complexity index is 2930. The Kier molecular flexibility index (Phi) is 8.13. The van der Waals surface area contributed by atoms with Gasteiger partial charge < -0.3 is 4.90 Å². The minimum absolute atomic E-state index is 0.259. The van der Waals surface area contributed by atoms with Gasteiger partial charge in [0, 0.05) is 22.5 Å². The lowest BCUT2D eigenvalue weighted by Crippen LogP contribution is -2.29. The molecular formula is C58H43N. The predicted octanol–water partition coefficient (Wildman–Crippen LogP) is 15.2. The van der Waals surface area contributed by atoms with Crippen molar-refractivity contribution >= 4 is 17.1 Å².